The van der Waals surface area contributed by atoms with E-state index in [-0.39, 0.29) is 11.8 Å². The Balaban J connectivity index is 1.56. The fraction of sp³-hybridized carbons (Fsp3) is 0.381. The number of anilines is 1. The molecule has 0 bridgehead atoms. The lowest BCUT2D eigenvalue weighted by Crippen LogP contribution is -2.40. The number of nitrogens with one attached hydrogen (secondary N) is 1. The summed E-state index contributed by atoms with van der Waals surface area (Å²) in [5.74, 6) is -0.190. The number of rotatable bonds is 5. The molecule has 0 unspecified atom stereocenters. The minimum Gasteiger partial charge on any atom is -0.326 e. The van der Waals surface area contributed by atoms with Crippen LogP contribution in [0.2, 0.25) is 0 Å². The number of benzene rings is 2. The van der Waals surface area contributed by atoms with E-state index in [0.29, 0.717) is 25.9 Å². The molecule has 3 rings (SSSR count). The number of aryl methyl sites for hydroxylation is 2. The first-order valence-electron chi connectivity index (χ1n) is 9.33. The first-order valence-corrected chi connectivity index (χ1v) is 12.0. The normalized spacial score (nSPS) is 16.1. The van der Waals surface area contributed by atoms with Crippen molar-refractivity contribution in [2.24, 2.45) is 5.92 Å². The van der Waals surface area contributed by atoms with Crippen LogP contribution in [0.25, 0.3) is 0 Å². The van der Waals surface area contributed by atoms with Crippen LogP contribution in [0.4, 0.5) is 5.69 Å². The molecule has 2 aromatic carbocycles. The van der Waals surface area contributed by atoms with Crippen molar-refractivity contribution in [3.63, 3.8) is 0 Å². The van der Waals surface area contributed by atoms with Gasteiger partial charge in [-0.15, -0.1) is 0 Å². The van der Waals surface area contributed by atoms with Crippen LogP contribution in [0.15, 0.2) is 52.3 Å². The summed E-state index contributed by atoms with van der Waals surface area (Å²) in [5, 5.41) is 2.96. The highest BCUT2D eigenvalue weighted by atomic mass is 32.2. The molecule has 7 heteroatoms. The van der Waals surface area contributed by atoms with Gasteiger partial charge >= 0.3 is 0 Å². The topological polar surface area (TPSA) is 66.5 Å². The van der Waals surface area contributed by atoms with Crippen LogP contribution in [0.1, 0.15) is 24.0 Å². The van der Waals surface area contributed by atoms with Crippen molar-refractivity contribution in [2.75, 3.05) is 24.7 Å². The Kier molecular flexibility index (Phi) is 6.47. The standard InChI is InChI=1S/C21H26N2O3S2/c1-15-4-9-20(16(2)14-15)27-19-7-5-18(6-8-19)22-21(24)17-10-12-23(13-11-17)28(3,25)26/h4-9,14,17H,10-13H2,1-3H3,(H,22,24). The number of piperidine rings is 1. The molecule has 1 saturated heterocycles. The lowest BCUT2D eigenvalue weighted by Gasteiger charge is -2.29. The average Bonchev–Trinajstić information content (AvgIpc) is 2.65. The zero-order chi connectivity index (χ0) is 20.3. The van der Waals surface area contributed by atoms with Gasteiger partial charge < -0.3 is 5.32 Å². The molecular weight excluding hydrogens is 392 g/mol. The molecule has 0 saturated carbocycles. The van der Waals surface area contributed by atoms with E-state index in [1.165, 1.54) is 26.6 Å². The molecule has 1 N–H and O–H groups in total. The molecule has 1 heterocycles. The van der Waals surface area contributed by atoms with Gasteiger partial charge in [0.1, 0.15) is 0 Å². The van der Waals surface area contributed by atoms with Crippen molar-refractivity contribution in [3.8, 4) is 0 Å². The van der Waals surface area contributed by atoms with Crippen LogP contribution in [-0.2, 0) is 14.8 Å². The summed E-state index contributed by atoms with van der Waals surface area (Å²) in [5.41, 5.74) is 3.27. The van der Waals surface area contributed by atoms with Crippen LogP contribution in [0.5, 0.6) is 0 Å². The first kappa shape index (κ1) is 20.9. The summed E-state index contributed by atoms with van der Waals surface area (Å²) in [6.07, 6.45) is 2.32. The SMILES string of the molecule is Cc1ccc(Sc2ccc(NC(=O)C3CCN(S(C)(=O)=O)CC3)cc2)c(C)c1. The Bertz CT molecular complexity index is 948. The maximum Gasteiger partial charge on any atom is 0.227 e. The van der Waals surface area contributed by atoms with Crippen LogP contribution in [0.3, 0.4) is 0 Å². The van der Waals surface area contributed by atoms with Gasteiger partial charge in [0.25, 0.3) is 0 Å². The monoisotopic (exact) mass is 418 g/mol. The Labute approximate surface area is 171 Å². The summed E-state index contributed by atoms with van der Waals surface area (Å²) in [7, 11) is -3.17. The minimum absolute atomic E-state index is 0.0390. The van der Waals surface area contributed by atoms with E-state index >= 15 is 0 Å². The van der Waals surface area contributed by atoms with E-state index in [1.54, 1.807) is 11.8 Å². The third kappa shape index (κ3) is 5.37. The molecule has 0 aliphatic carbocycles. The number of carbonyl (C=O) groups is 1. The summed E-state index contributed by atoms with van der Waals surface area (Å²) in [6.45, 7) is 5.01. The molecule has 1 aliphatic rings. The summed E-state index contributed by atoms with van der Waals surface area (Å²) in [4.78, 5) is 14.8. The van der Waals surface area contributed by atoms with E-state index in [9.17, 15) is 13.2 Å². The van der Waals surface area contributed by atoms with Gasteiger partial charge in [0.05, 0.1) is 6.26 Å². The largest absolute Gasteiger partial charge is 0.326 e. The predicted octanol–water partition coefficient (Wildman–Crippen LogP) is 4.06. The fourth-order valence-electron chi connectivity index (χ4n) is 3.34. The second-order valence-electron chi connectivity index (χ2n) is 7.32. The third-order valence-electron chi connectivity index (χ3n) is 4.97. The van der Waals surface area contributed by atoms with Crippen LogP contribution in [-0.4, -0.2) is 38.0 Å². The van der Waals surface area contributed by atoms with E-state index in [2.05, 4.69) is 37.4 Å². The highest BCUT2D eigenvalue weighted by Crippen LogP contribution is 2.31. The van der Waals surface area contributed by atoms with Crippen molar-refractivity contribution in [2.45, 2.75) is 36.5 Å². The van der Waals surface area contributed by atoms with Gasteiger partial charge in [-0.3, -0.25) is 4.79 Å². The molecule has 0 atom stereocenters. The summed E-state index contributed by atoms with van der Waals surface area (Å²) < 4.78 is 24.6. The highest BCUT2D eigenvalue weighted by Gasteiger charge is 2.28. The van der Waals surface area contributed by atoms with Crippen molar-refractivity contribution < 1.29 is 13.2 Å². The van der Waals surface area contributed by atoms with E-state index in [1.807, 2.05) is 24.3 Å². The van der Waals surface area contributed by atoms with Crippen LogP contribution < -0.4 is 5.32 Å². The molecule has 28 heavy (non-hydrogen) atoms. The van der Waals surface area contributed by atoms with Gasteiger partial charge in [0, 0.05) is 34.5 Å². The Morgan fingerprint density at radius 3 is 2.29 bits per heavy atom. The molecule has 2 aromatic rings. The van der Waals surface area contributed by atoms with Crippen LogP contribution >= 0.6 is 11.8 Å². The Morgan fingerprint density at radius 2 is 1.71 bits per heavy atom. The van der Waals surface area contributed by atoms with Crippen molar-refractivity contribution in [3.05, 3.63) is 53.6 Å². The Hall–Kier alpha value is -1.83. The van der Waals surface area contributed by atoms with Gasteiger partial charge in [0.2, 0.25) is 15.9 Å². The van der Waals surface area contributed by atoms with Gasteiger partial charge in [0.15, 0.2) is 0 Å². The van der Waals surface area contributed by atoms with E-state index in [4.69, 9.17) is 0 Å². The highest BCUT2D eigenvalue weighted by molar-refractivity contribution is 7.99. The number of nitrogens with zero attached hydrogens (tertiary/aromatic N) is 1. The number of hydrogen-bond acceptors (Lipinski definition) is 4. The maximum absolute atomic E-state index is 12.5. The molecular formula is C21H26N2O3S2. The number of hydrogen-bond donors (Lipinski definition) is 1. The fourth-order valence-corrected chi connectivity index (χ4v) is 5.10. The summed E-state index contributed by atoms with van der Waals surface area (Å²) >= 11 is 1.71. The molecule has 1 fully saturated rings. The molecule has 1 aliphatic heterocycles. The number of amides is 1. The number of carbonyl (C=O) groups excluding carboxylic acids is 1. The second kappa shape index (κ2) is 8.68. The second-order valence-corrected chi connectivity index (χ2v) is 10.4. The zero-order valence-electron chi connectivity index (χ0n) is 16.4. The van der Waals surface area contributed by atoms with Gasteiger partial charge in [-0.1, -0.05) is 29.5 Å². The third-order valence-corrected chi connectivity index (χ3v) is 7.46. The first-order chi connectivity index (χ1) is 13.2. The molecule has 0 spiro atoms. The lowest BCUT2D eigenvalue weighted by molar-refractivity contribution is -0.120. The smallest absolute Gasteiger partial charge is 0.227 e. The van der Waals surface area contributed by atoms with E-state index in [0.717, 1.165) is 10.6 Å². The number of sulfonamides is 1. The van der Waals surface area contributed by atoms with Crippen LogP contribution in [0, 0.1) is 19.8 Å². The predicted molar refractivity (Wildman–Crippen MR) is 114 cm³/mol. The molecule has 1 amide bonds. The quantitative estimate of drug-likeness (QED) is 0.795. The molecule has 0 radical (unpaired) electrons. The van der Waals surface area contributed by atoms with Crippen molar-refractivity contribution in [1.29, 1.82) is 0 Å². The summed E-state index contributed by atoms with van der Waals surface area (Å²) in [6, 6.07) is 14.3. The lowest BCUT2D eigenvalue weighted by atomic mass is 9.97. The van der Waals surface area contributed by atoms with Gasteiger partial charge in [-0.25, -0.2) is 12.7 Å². The molecule has 5 nitrogen and oxygen atoms in total. The Morgan fingerprint density at radius 1 is 1.07 bits per heavy atom. The molecule has 150 valence electrons. The van der Waals surface area contributed by atoms with Gasteiger partial charge in [-0.05, 0) is 62.6 Å². The maximum atomic E-state index is 12.5. The van der Waals surface area contributed by atoms with Crippen molar-refractivity contribution in [1.82, 2.24) is 4.31 Å². The molecule has 0 aromatic heterocycles. The van der Waals surface area contributed by atoms with Gasteiger partial charge in [-0.2, -0.15) is 0 Å². The zero-order valence-corrected chi connectivity index (χ0v) is 18.1. The minimum atomic E-state index is -3.17. The van der Waals surface area contributed by atoms with Crippen molar-refractivity contribution >= 4 is 33.4 Å². The average molecular weight is 419 g/mol. The van der Waals surface area contributed by atoms with E-state index < -0.39 is 10.0 Å².